The molecule has 4 N–H and O–H groups in total. The van der Waals surface area contributed by atoms with E-state index < -0.39 is 22.4 Å². The van der Waals surface area contributed by atoms with E-state index in [1.807, 2.05) is 6.92 Å². The average molecular weight is 476 g/mol. The van der Waals surface area contributed by atoms with Crippen molar-refractivity contribution >= 4 is 52.3 Å². The molecule has 32 heavy (non-hydrogen) atoms. The third-order valence-corrected chi connectivity index (χ3v) is 4.63. The summed E-state index contributed by atoms with van der Waals surface area (Å²) in [5.74, 6) is -1.83. The first-order valence-corrected chi connectivity index (χ1v) is 9.65. The molecule has 0 aliphatic rings. The normalized spacial score (nSPS) is 10.2. The zero-order chi connectivity index (χ0) is 23.3. The predicted molar refractivity (Wildman–Crippen MR) is 119 cm³/mol. The second-order valence-electron chi connectivity index (χ2n) is 6.33. The fourth-order valence-electron chi connectivity index (χ4n) is 2.48. The number of benzene rings is 2. The molecule has 3 rings (SSSR count). The van der Waals surface area contributed by atoms with Crippen LogP contribution in [0, 0.1) is 17.0 Å². The number of amides is 2. The van der Waals surface area contributed by atoms with E-state index in [1.54, 1.807) is 24.3 Å². The number of nitrogens with one attached hydrogen (secondary N) is 4. The monoisotopic (exact) mass is 475 g/mol. The maximum absolute atomic E-state index is 12.3. The van der Waals surface area contributed by atoms with Gasteiger partial charge in [0, 0.05) is 10.6 Å². The Bertz CT molecular complexity index is 1190. The Kier molecular flexibility index (Phi) is 7.03. The van der Waals surface area contributed by atoms with E-state index in [0.717, 1.165) is 11.9 Å². The minimum Gasteiger partial charge on any atom is -0.276 e. The highest BCUT2D eigenvalue weighted by Crippen LogP contribution is 2.28. The van der Waals surface area contributed by atoms with Gasteiger partial charge >= 0.3 is 5.69 Å². The summed E-state index contributed by atoms with van der Waals surface area (Å²) in [6.07, 6.45) is 1.01. The number of anilines is 2. The molecule has 0 bridgehead atoms. The number of aromatic nitrogens is 2. The van der Waals surface area contributed by atoms with Crippen LogP contribution in [0.25, 0.3) is 0 Å². The fourth-order valence-corrected chi connectivity index (χ4v) is 2.98. The summed E-state index contributed by atoms with van der Waals surface area (Å²) in [5, 5.41) is 12.0. The van der Waals surface area contributed by atoms with Crippen LogP contribution in [0.15, 0.2) is 48.8 Å². The van der Waals surface area contributed by atoms with Crippen molar-refractivity contribution in [2.24, 2.45) is 0 Å². The van der Waals surface area contributed by atoms with Gasteiger partial charge in [0.15, 0.2) is 0 Å². The Morgan fingerprint density at radius 2 is 1.53 bits per heavy atom. The molecule has 0 aliphatic heterocycles. The first-order valence-electron chi connectivity index (χ1n) is 8.90. The summed E-state index contributed by atoms with van der Waals surface area (Å²) in [7, 11) is 0. The Hall–Kier alpha value is -3.96. The topological polar surface area (TPSA) is 151 Å². The van der Waals surface area contributed by atoms with Crippen molar-refractivity contribution in [1.29, 1.82) is 0 Å². The molecule has 1 aromatic heterocycles. The second kappa shape index (κ2) is 9.90. The van der Waals surface area contributed by atoms with E-state index >= 15 is 0 Å². The summed E-state index contributed by atoms with van der Waals surface area (Å²) < 4.78 is 0. The van der Waals surface area contributed by atoms with E-state index in [4.69, 9.17) is 23.2 Å². The minimum absolute atomic E-state index is 0.0870. The molecule has 164 valence electrons. The number of hydrogen-bond acceptors (Lipinski definition) is 8. The van der Waals surface area contributed by atoms with Crippen LogP contribution in [0.4, 0.5) is 17.3 Å². The molecule has 0 aliphatic carbocycles. The van der Waals surface area contributed by atoms with Crippen molar-refractivity contribution in [2.75, 3.05) is 10.9 Å². The van der Waals surface area contributed by atoms with E-state index in [1.165, 1.54) is 18.2 Å². The molecule has 0 saturated carbocycles. The summed E-state index contributed by atoms with van der Waals surface area (Å²) in [6, 6.07) is 10.9. The SMILES string of the molecule is Cc1ccc(C(=O)NNc2ncnc(NNC(=O)c3ccc(Cl)cc3Cl)c2[N+](=O)[O-])cc1. The standard InChI is InChI=1S/C19H15Cl2N7O4/c1-10-2-4-11(5-3-10)18(29)26-24-16-15(28(31)32)17(23-9-22-16)25-27-19(30)13-7-6-12(20)8-14(13)21/h2-9H,1H3,(H,26,29)(H,27,30)(H2,22,23,24,25). The maximum Gasteiger partial charge on any atom is 0.356 e. The van der Waals surface area contributed by atoms with Gasteiger partial charge in [-0.15, -0.1) is 0 Å². The molecular formula is C19H15Cl2N7O4. The summed E-state index contributed by atoms with van der Waals surface area (Å²) in [5.41, 5.74) is 10.1. The van der Waals surface area contributed by atoms with Crippen LogP contribution >= 0.6 is 23.2 Å². The highest BCUT2D eigenvalue weighted by Gasteiger charge is 2.24. The van der Waals surface area contributed by atoms with Crippen LogP contribution in [0.1, 0.15) is 26.3 Å². The first kappa shape index (κ1) is 22.7. The zero-order valence-electron chi connectivity index (χ0n) is 16.3. The molecule has 1 heterocycles. The Labute approximate surface area is 191 Å². The van der Waals surface area contributed by atoms with Crippen molar-refractivity contribution in [3.63, 3.8) is 0 Å². The highest BCUT2D eigenvalue weighted by atomic mass is 35.5. The summed E-state index contributed by atoms with van der Waals surface area (Å²) in [4.78, 5) is 42.9. The van der Waals surface area contributed by atoms with E-state index in [0.29, 0.717) is 10.6 Å². The van der Waals surface area contributed by atoms with Crippen molar-refractivity contribution in [3.8, 4) is 0 Å². The third-order valence-electron chi connectivity index (χ3n) is 4.08. The fraction of sp³-hybridized carbons (Fsp3) is 0.0526. The van der Waals surface area contributed by atoms with Crippen molar-refractivity contribution in [3.05, 3.63) is 85.6 Å². The Balaban J connectivity index is 1.74. The quantitative estimate of drug-likeness (QED) is 0.299. The second-order valence-corrected chi connectivity index (χ2v) is 7.17. The van der Waals surface area contributed by atoms with Gasteiger partial charge in [-0.1, -0.05) is 40.9 Å². The van der Waals surface area contributed by atoms with Gasteiger partial charge in [0.2, 0.25) is 11.6 Å². The van der Waals surface area contributed by atoms with E-state index in [2.05, 4.69) is 31.7 Å². The number of hydrazine groups is 2. The van der Waals surface area contributed by atoms with Crippen LogP contribution in [0.5, 0.6) is 0 Å². The summed E-state index contributed by atoms with van der Waals surface area (Å²) >= 11 is 11.8. The lowest BCUT2D eigenvalue weighted by molar-refractivity contribution is -0.383. The molecule has 3 aromatic rings. The number of rotatable bonds is 7. The van der Waals surface area contributed by atoms with Gasteiger partial charge in [0.05, 0.1) is 15.5 Å². The number of nitrogens with zero attached hydrogens (tertiary/aromatic N) is 3. The lowest BCUT2D eigenvalue weighted by atomic mass is 10.1. The van der Waals surface area contributed by atoms with Crippen molar-refractivity contribution in [2.45, 2.75) is 6.92 Å². The molecule has 11 nitrogen and oxygen atoms in total. The van der Waals surface area contributed by atoms with Gasteiger partial charge in [-0.05, 0) is 37.3 Å². The van der Waals surface area contributed by atoms with Crippen LogP contribution in [0.3, 0.4) is 0 Å². The number of nitro groups is 1. The number of hydrogen-bond donors (Lipinski definition) is 4. The molecule has 0 spiro atoms. The highest BCUT2D eigenvalue weighted by molar-refractivity contribution is 6.36. The van der Waals surface area contributed by atoms with Crippen molar-refractivity contribution in [1.82, 2.24) is 20.8 Å². The Morgan fingerprint density at radius 3 is 2.09 bits per heavy atom. The van der Waals surface area contributed by atoms with Crippen molar-refractivity contribution < 1.29 is 14.5 Å². The van der Waals surface area contributed by atoms with Crippen LogP contribution in [-0.4, -0.2) is 26.7 Å². The Morgan fingerprint density at radius 1 is 0.938 bits per heavy atom. The largest absolute Gasteiger partial charge is 0.356 e. The number of halogens is 2. The number of carbonyl (C=O) groups excluding carboxylic acids is 2. The molecule has 0 fully saturated rings. The van der Waals surface area contributed by atoms with Gasteiger partial charge in [-0.25, -0.2) is 9.97 Å². The minimum atomic E-state index is -0.774. The molecular weight excluding hydrogens is 461 g/mol. The third kappa shape index (κ3) is 5.39. The van der Waals surface area contributed by atoms with Crippen LogP contribution in [0.2, 0.25) is 10.0 Å². The molecule has 13 heteroatoms. The number of aryl methyl sites for hydroxylation is 1. The van der Waals surface area contributed by atoms with E-state index in [9.17, 15) is 19.7 Å². The van der Waals surface area contributed by atoms with Gasteiger partial charge in [-0.2, -0.15) is 0 Å². The smallest absolute Gasteiger partial charge is 0.276 e. The van der Waals surface area contributed by atoms with Gasteiger partial charge in [-0.3, -0.25) is 41.4 Å². The molecule has 0 radical (unpaired) electrons. The lowest BCUT2D eigenvalue weighted by Gasteiger charge is -2.12. The van der Waals surface area contributed by atoms with Crippen LogP contribution in [-0.2, 0) is 0 Å². The molecule has 0 atom stereocenters. The zero-order valence-corrected chi connectivity index (χ0v) is 17.9. The molecule has 2 amide bonds. The van der Waals surface area contributed by atoms with E-state index in [-0.39, 0.29) is 22.2 Å². The summed E-state index contributed by atoms with van der Waals surface area (Å²) in [6.45, 7) is 1.87. The number of carbonyl (C=O) groups is 2. The maximum atomic E-state index is 12.3. The van der Waals surface area contributed by atoms with Gasteiger partial charge < -0.3 is 0 Å². The van der Waals surface area contributed by atoms with Gasteiger partial charge in [0.1, 0.15) is 6.33 Å². The predicted octanol–water partition coefficient (Wildman–Crippen LogP) is 3.51. The molecule has 2 aromatic carbocycles. The van der Waals surface area contributed by atoms with Crippen LogP contribution < -0.4 is 21.7 Å². The average Bonchev–Trinajstić information content (AvgIpc) is 2.76. The first-order chi connectivity index (χ1) is 15.3. The lowest BCUT2D eigenvalue weighted by Crippen LogP contribution is -2.32. The molecule has 0 unspecified atom stereocenters. The van der Waals surface area contributed by atoms with Gasteiger partial charge in [0.25, 0.3) is 11.8 Å². The molecule has 0 saturated heterocycles.